The van der Waals surface area contributed by atoms with E-state index in [0.29, 0.717) is 0 Å². The summed E-state index contributed by atoms with van der Waals surface area (Å²) in [6.07, 6.45) is 1.08. The normalized spacial score (nSPS) is 14.3. The quantitative estimate of drug-likeness (QED) is 0.842. The Hall–Kier alpha value is -1.16. The van der Waals surface area contributed by atoms with Crippen LogP contribution in [0.5, 0.6) is 0 Å². The zero-order valence-electron chi connectivity index (χ0n) is 11.5. The molecule has 2 rings (SSSR count). The van der Waals surface area contributed by atoms with Crippen molar-refractivity contribution in [1.29, 1.82) is 0 Å². The van der Waals surface area contributed by atoms with E-state index in [2.05, 4.69) is 31.3 Å². The first-order chi connectivity index (χ1) is 9.24. The van der Waals surface area contributed by atoms with Crippen molar-refractivity contribution in [2.75, 3.05) is 6.61 Å². The average molecular weight is 275 g/mol. The first-order valence-electron chi connectivity index (χ1n) is 6.75. The van der Waals surface area contributed by atoms with E-state index in [4.69, 9.17) is 0 Å². The maximum absolute atomic E-state index is 9.57. The van der Waals surface area contributed by atoms with E-state index in [1.807, 2.05) is 41.7 Å². The molecule has 0 spiro atoms. The number of benzene rings is 1. The SMILES string of the molecule is CCc1ccc(C(C)NC(CO)c2ccccc2)s1. The Kier molecular flexibility index (Phi) is 5.14. The third kappa shape index (κ3) is 3.66. The van der Waals surface area contributed by atoms with E-state index in [1.54, 1.807) is 0 Å². The van der Waals surface area contributed by atoms with Gasteiger partial charge in [0.15, 0.2) is 0 Å². The summed E-state index contributed by atoms with van der Waals surface area (Å²) in [7, 11) is 0. The number of aryl methyl sites for hydroxylation is 1. The van der Waals surface area contributed by atoms with E-state index in [0.717, 1.165) is 12.0 Å². The second-order valence-corrected chi connectivity index (χ2v) is 5.89. The fourth-order valence-electron chi connectivity index (χ4n) is 2.14. The van der Waals surface area contributed by atoms with Gasteiger partial charge in [0.1, 0.15) is 0 Å². The van der Waals surface area contributed by atoms with Gasteiger partial charge in [-0.05, 0) is 31.0 Å². The van der Waals surface area contributed by atoms with Gasteiger partial charge in [0.25, 0.3) is 0 Å². The fraction of sp³-hybridized carbons (Fsp3) is 0.375. The molecule has 1 aromatic heterocycles. The predicted octanol–water partition coefficient (Wildman–Crippen LogP) is 3.69. The molecule has 0 saturated carbocycles. The van der Waals surface area contributed by atoms with E-state index in [9.17, 15) is 5.11 Å². The van der Waals surface area contributed by atoms with Gasteiger partial charge in [-0.2, -0.15) is 0 Å². The van der Waals surface area contributed by atoms with Crippen LogP contribution in [0, 0.1) is 0 Å². The average Bonchev–Trinajstić information content (AvgIpc) is 2.94. The zero-order valence-corrected chi connectivity index (χ0v) is 12.3. The number of aliphatic hydroxyl groups excluding tert-OH is 1. The van der Waals surface area contributed by atoms with Crippen molar-refractivity contribution >= 4 is 11.3 Å². The number of hydrogen-bond acceptors (Lipinski definition) is 3. The lowest BCUT2D eigenvalue weighted by Crippen LogP contribution is -2.26. The molecule has 2 N–H and O–H groups in total. The molecule has 3 heteroatoms. The van der Waals surface area contributed by atoms with E-state index in [-0.39, 0.29) is 18.7 Å². The summed E-state index contributed by atoms with van der Waals surface area (Å²) in [5.41, 5.74) is 1.13. The van der Waals surface area contributed by atoms with Crippen LogP contribution < -0.4 is 5.32 Å². The molecule has 0 bridgehead atoms. The van der Waals surface area contributed by atoms with Crippen LogP contribution in [-0.2, 0) is 6.42 Å². The van der Waals surface area contributed by atoms with Gasteiger partial charge in [0.2, 0.25) is 0 Å². The highest BCUT2D eigenvalue weighted by Crippen LogP contribution is 2.26. The molecule has 19 heavy (non-hydrogen) atoms. The van der Waals surface area contributed by atoms with Crippen LogP contribution in [0.15, 0.2) is 42.5 Å². The number of hydrogen-bond donors (Lipinski definition) is 2. The number of thiophene rings is 1. The van der Waals surface area contributed by atoms with Crippen molar-refractivity contribution in [3.05, 3.63) is 57.8 Å². The van der Waals surface area contributed by atoms with Crippen LogP contribution in [0.2, 0.25) is 0 Å². The summed E-state index contributed by atoms with van der Waals surface area (Å²) in [5.74, 6) is 0. The van der Waals surface area contributed by atoms with Crippen LogP contribution in [0.3, 0.4) is 0 Å². The van der Waals surface area contributed by atoms with Gasteiger partial charge in [-0.1, -0.05) is 37.3 Å². The van der Waals surface area contributed by atoms with Gasteiger partial charge in [0, 0.05) is 15.8 Å². The molecule has 0 saturated heterocycles. The Labute approximate surface area is 119 Å². The van der Waals surface area contributed by atoms with Crippen LogP contribution in [0.1, 0.15) is 41.2 Å². The number of aliphatic hydroxyl groups is 1. The number of rotatable bonds is 6. The smallest absolute Gasteiger partial charge is 0.0626 e. The fourth-order valence-corrected chi connectivity index (χ4v) is 3.10. The molecule has 2 nitrogen and oxygen atoms in total. The highest BCUT2D eigenvalue weighted by Gasteiger charge is 2.15. The first kappa shape index (κ1) is 14.3. The minimum atomic E-state index is -0.0108. The Balaban J connectivity index is 2.06. The summed E-state index contributed by atoms with van der Waals surface area (Å²) >= 11 is 1.84. The Morgan fingerprint density at radius 1 is 1.16 bits per heavy atom. The summed E-state index contributed by atoms with van der Waals surface area (Å²) in [5, 5.41) is 13.1. The molecular weight excluding hydrogens is 254 g/mol. The molecule has 0 aliphatic rings. The van der Waals surface area contributed by atoms with Gasteiger partial charge in [-0.3, -0.25) is 0 Å². The lowest BCUT2D eigenvalue weighted by Gasteiger charge is -2.21. The van der Waals surface area contributed by atoms with E-state index in [1.165, 1.54) is 9.75 Å². The molecule has 2 aromatic rings. The maximum Gasteiger partial charge on any atom is 0.0626 e. The summed E-state index contributed by atoms with van der Waals surface area (Å²) in [4.78, 5) is 2.73. The van der Waals surface area contributed by atoms with Crippen LogP contribution in [-0.4, -0.2) is 11.7 Å². The minimum absolute atomic E-state index is 0.0108. The minimum Gasteiger partial charge on any atom is -0.394 e. The van der Waals surface area contributed by atoms with Crippen molar-refractivity contribution in [1.82, 2.24) is 5.32 Å². The van der Waals surface area contributed by atoms with Gasteiger partial charge < -0.3 is 10.4 Å². The zero-order chi connectivity index (χ0) is 13.7. The van der Waals surface area contributed by atoms with Gasteiger partial charge in [0.05, 0.1) is 12.6 Å². The van der Waals surface area contributed by atoms with Gasteiger partial charge in [-0.25, -0.2) is 0 Å². The van der Waals surface area contributed by atoms with Crippen molar-refractivity contribution in [3.8, 4) is 0 Å². The third-order valence-corrected chi connectivity index (χ3v) is 4.71. The molecule has 2 unspecified atom stereocenters. The molecule has 0 amide bonds. The maximum atomic E-state index is 9.57. The second kappa shape index (κ2) is 6.85. The molecule has 0 radical (unpaired) electrons. The molecule has 2 atom stereocenters. The van der Waals surface area contributed by atoms with Gasteiger partial charge in [-0.15, -0.1) is 11.3 Å². The predicted molar refractivity (Wildman–Crippen MR) is 81.5 cm³/mol. The highest BCUT2D eigenvalue weighted by atomic mass is 32.1. The standard InChI is InChI=1S/C16H21NOS/c1-3-14-9-10-16(19-14)12(2)17-15(11-18)13-7-5-4-6-8-13/h4-10,12,15,17-18H,3,11H2,1-2H3. The van der Waals surface area contributed by atoms with Gasteiger partial charge >= 0.3 is 0 Å². The Morgan fingerprint density at radius 3 is 2.47 bits per heavy atom. The highest BCUT2D eigenvalue weighted by molar-refractivity contribution is 7.12. The monoisotopic (exact) mass is 275 g/mol. The summed E-state index contributed by atoms with van der Waals surface area (Å²) < 4.78 is 0. The molecule has 0 fully saturated rings. The van der Waals surface area contributed by atoms with Crippen LogP contribution in [0.4, 0.5) is 0 Å². The molecule has 1 heterocycles. The Morgan fingerprint density at radius 2 is 1.89 bits per heavy atom. The molecule has 102 valence electrons. The summed E-state index contributed by atoms with van der Waals surface area (Å²) in [6, 6.07) is 14.7. The molecule has 1 aromatic carbocycles. The van der Waals surface area contributed by atoms with Crippen LogP contribution >= 0.6 is 11.3 Å². The third-order valence-electron chi connectivity index (χ3n) is 3.29. The van der Waals surface area contributed by atoms with E-state index >= 15 is 0 Å². The Bertz CT molecular complexity index is 494. The van der Waals surface area contributed by atoms with Crippen molar-refractivity contribution in [3.63, 3.8) is 0 Å². The number of nitrogens with one attached hydrogen (secondary N) is 1. The van der Waals surface area contributed by atoms with Crippen LogP contribution in [0.25, 0.3) is 0 Å². The largest absolute Gasteiger partial charge is 0.394 e. The topological polar surface area (TPSA) is 32.3 Å². The lowest BCUT2D eigenvalue weighted by molar-refractivity contribution is 0.236. The first-order valence-corrected chi connectivity index (χ1v) is 7.56. The van der Waals surface area contributed by atoms with Crippen molar-refractivity contribution in [2.24, 2.45) is 0 Å². The molecular formula is C16H21NOS. The lowest BCUT2D eigenvalue weighted by atomic mass is 10.1. The summed E-state index contributed by atoms with van der Waals surface area (Å²) in [6.45, 7) is 4.44. The van der Waals surface area contributed by atoms with Crippen molar-refractivity contribution < 1.29 is 5.11 Å². The van der Waals surface area contributed by atoms with Crippen molar-refractivity contribution in [2.45, 2.75) is 32.4 Å². The second-order valence-electron chi connectivity index (χ2n) is 4.69. The molecule has 0 aliphatic heterocycles. The molecule has 0 aliphatic carbocycles. The van der Waals surface area contributed by atoms with E-state index < -0.39 is 0 Å².